The zero-order valence-corrected chi connectivity index (χ0v) is 8.19. The van der Waals surface area contributed by atoms with Crippen LogP contribution < -0.4 is 54.9 Å². The first-order chi connectivity index (χ1) is 1.73. The smallest absolute Gasteiger partial charge is 1.00 e. The molecule has 0 fully saturated rings. The Kier molecular flexibility index (Phi) is 26.0. The van der Waals surface area contributed by atoms with Crippen LogP contribution in [0.5, 0.6) is 0 Å². The molecule has 0 aromatic rings. The molecule has 0 aliphatic rings. The molecule has 6 heavy (non-hydrogen) atoms. The van der Waals surface area contributed by atoms with E-state index in [2.05, 4.69) is 0 Å². The van der Waals surface area contributed by atoms with Gasteiger partial charge in [-0.3, -0.25) is 0 Å². The van der Waals surface area contributed by atoms with Gasteiger partial charge in [-0.1, -0.05) is 0 Å². The van der Waals surface area contributed by atoms with E-state index in [1.807, 2.05) is 0 Å². The molecule has 0 unspecified atom stereocenters. The van der Waals surface area contributed by atoms with E-state index < -0.39 is 14.8 Å². The maximum atomic E-state index is 8.63. The summed E-state index contributed by atoms with van der Waals surface area (Å²) < 4.78 is 24.3. The summed E-state index contributed by atoms with van der Waals surface area (Å²) in [5, 5.41) is 0. The van der Waals surface area contributed by atoms with E-state index in [9.17, 15) is 0 Å². The molecule has 0 saturated heterocycles. The predicted molar refractivity (Wildman–Crippen MR) is 2.22 cm³/mol. The Morgan fingerprint density at radius 2 is 1.33 bits per heavy atom. The largest absolute Gasteiger partial charge is 1.00 e. The summed E-state index contributed by atoms with van der Waals surface area (Å²) in [6.07, 6.45) is 0. The van der Waals surface area contributed by atoms with Crippen LogP contribution in [0.4, 0.5) is 0 Å². The number of rotatable bonds is 0. The average Bonchev–Trinajstić information content (AvgIpc) is 0.811. The average molecular weight is 232 g/mol. The van der Waals surface area contributed by atoms with Gasteiger partial charge in [-0.15, -0.1) is 0 Å². The maximum Gasteiger partial charge on any atom is 1.00 e. The molecule has 0 bridgehead atoms. The summed E-state index contributed by atoms with van der Waals surface area (Å²) in [6.45, 7) is 0. The molecule has 0 aliphatic carbocycles. The van der Waals surface area contributed by atoms with Crippen LogP contribution in [0, 0.1) is 14.8 Å². The molecule has 0 aromatic heterocycles. The van der Waals surface area contributed by atoms with Crippen molar-refractivity contribution in [3.63, 3.8) is 0 Å². The summed E-state index contributed by atoms with van der Waals surface area (Å²) in [7, 11) is 0. The van der Waals surface area contributed by atoms with Crippen LogP contribution in [-0.4, -0.2) is 4.20 Å². The van der Waals surface area contributed by atoms with Crippen molar-refractivity contribution in [2.24, 2.45) is 0 Å². The van der Waals surface area contributed by atoms with Gasteiger partial charge in [0.25, 0.3) is 0 Å². The fraction of sp³-hybridized carbons (Fsp3) is 0. The van der Waals surface area contributed by atoms with E-state index >= 15 is 0 Å². The minimum absolute atomic E-state index is 0. The van der Waals surface area contributed by atoms with Crippen molar-refractivity contribution in [2.75, 3.05) is 0 Å². The van der Waals surface area contributed by atoms with Crippen molar-refractivity contribution in [3.8, 4) is 0 Å². The molecule has 0 saturated carbocycles. The summed E-state index contributed by atoms with van der Waals surface area (Å²) in [4.78, 5) is 0. The van der Waals surface area contributed by atoms with Crippen molar-refractivity contribution in [1.82, 2.24) is 0 Å². The molecule has 0 aromatic carbocycles. The molecule has 0 radical (unpaired) electrons. The third-order valence-electron chi connectivity index (χ3n) is 0. The minimum Gasteiger partial charge on any atom is -1.00 e. The molecular weight excluding hydrogens is 231 g/mol. The van der Waals surface area contributed by atoms with Crippen LogP contribution in [0.25, 0.3) is 0 Å². The van der Waals surface area contributed by atoms with Crippen LogP contribution in [0.2, 0.25) is 0 Å². The van der Waals surface area contributed by atoms with E-state index in [0.717, 1.165) is 0 Å². The second-order valence-corrected chi connectivity index (χ2v) is 1.04. The first-order valence-electron chi connectivity index (χ1n) is 0.478. The Morgan fingerprint density at radius 3 is 1.33 bits per heavy atom. The topological polar surface area (TPSA) is 66.3 Å². The van der Waals surface area contributed by atoms with Gasteiger partial charge in [-0.25, -0.2) is 0 Å². The molecule has 1 N–H and O–H groups in total. The van der Waals surface area contributed by atoms with Gasteiger partial charge >= 0.3 is 44.4 Å². The molecule has 0 aliphatic heterocycles. The van der Waals surface area contributed by atoms with Crippen LogP contribution in [0.1, 0.15) is 0 Å². The zero-order chi connectivity index (χ0) is 3.58. The molecule has 6 heteroatoms. The molecule has 0 rings (SSSR count). The van der Waals surface area contributed by atoms with E-state index in [4.69, 9.17) is 12.6 Å². The Balaban J connectivity index is -0.0000000450. The van der Waals surface area contributed by atoms with Gasteiger partial charge in [0.15, 0.2) is 0 Å². The summed E-state index contributed by atoms with van der Waals surface area (Å²) in [5.41, 5.74) is 0. The fourth-order valence-electron chi connectivity index (χ4n) is 0. The summed E-state index contributed by atoms with van der Waals surface area (Å²) in [6, 6.07) is 0. The Labute approximate surface area is 73.2 Å². The Morgan fingerprint density at radius 1 is 1.33 bits per heavy atom. The van der Waals surface area contributed by atoms with Crippen molar-refractivity contribution in [3.05, 3.63) is 0 Å². The quantitative estimate of drug-likeness (QED) is 0.421. The standard InChI is InChI=1S/BrHO3.BrH.Na/c2-1(3)4;;/h2H;1H;/q;;+1/p-1. The monoisotopic (exact) mass is 230 g/mol. The summed E-state index contributed by atoms with van der Waals surface area (Å²) in [5.74, 6) is 0. The third kappa shape index (κ3) is 40.4. The second kappa shape index (κ2) is 9.96. The second-order valence-electron chi connectivity index (χ2n) is 0.201. The molecule has 34 valence electrons. The van der Waals surface area contributed by atoms with E-state index in [1.165, 1.54) is 0 Å². The number of hydrogen-bond acceptors (Lipinski definition) is 3. The normalized spacial score (nSPS) is 6.00. The molecular formula is HBr2NaO3. The number of hydrogen-bond donors (Lipinski definition) is 1. The van der Waals surface area contributed by atoms with Crippen molar-refractivity contribution >= 4 is 0 Å². The van der Waals surface area contributed by atoms with Crippen molar-refractivity contribution < 1.29 is 73.9 Å². The predicted octanol–water partition coefficient (Wildman–Crippen LogP) is -8.93. The first-order valence-corrected chi connectivity index (χ1v) is 2.48. The minimum atomic E-state index is -3.40. The Hall–Kier alpha value is 1.84. The Bertz CT molecular complexity index is 13.5. The zero-order valence-electron chi connectivity index (χ0n) is 3.02. The SMILES string of the molecule is [Br-].[Na+].[O-][Br+2]([O-])O. The molecule has 3 nitrogen and oxygen atoms in total. The van der Waals surface area contributed by atoms with Crippen molar-refractivity contribution in [2.45, 2.75) is 0 Å². The number of halogens is 2. The van der Waals surface area contributed by atoms with E-state index in [-0.39, 0.29) is 46.5 Å². The van der Waals surface area contributed by atoms with Crippen LogP contribution >= 0.6 is 0 Å². The molecule has 0 spiro atoms. The molecule has 0 amide bonds. The van der Waals surface area contributed by atoms with Gasteiger partial charge in [0.1, 0.15) is 0 Å². The third-order valence-corrected chi connectivity index (χ3v) is 0. The van der Waals surface area contributed by atoms with Crippen molar-refractivity contribution in [1.29, 1.82) is 0 Å². The first kappa shape index (κ1) is 15.7. The molecule has 0 atom stereocenters. The van der Waals surface area contributed by atoms with Gasteiger partial charge in [0, 0.05) is 0 Å². The van der Waals surface area contributed by atoms with Gasteiger partial charge < -0.3 is 25.4 Å². The van der Waals surface area contributed by atoms with Gasteiger partial charge in [-0.2, -0.15) is 0 Å². The van der Waals surface area contributed by atoms with E-state index in [1.54, 1.807) is 0 Å². The van der Waals surface area contributed by atoms with Gasteiger partial charge in [0.05, 0.1) is 0 Å². The van der Waals surface area contributed by atoms with Gasteiger partial charge in [0.2, 0.25) is 0 Å². The van der Waals surface area contributed by atoms with Gasteiger partial charge in [-0.05, 0) is 4.20 Å². The van der Waals surface area contributed by atoms with Crippen LogP contribution in [0.3, 0.4) is 0 Å². The fourth-order valence-corrected chi connectivity index (χ4v) is 0. The summed E-state index contributed by atoms with van der Waals surface area (Å²) >= 11 is -3.40. The maximum absolute atomic E-state index is 8.63. The van der Waals surface area contributed by atoms with Crippen LogP contribution in [-0.2, 0) is 0 Å². The molecule has 0 heterocycles. The van der Waals surface area contributed by atoms with E-state index in [0.29, 0.717) is 0 Å². The van der Waals surface area contributed by atoms with Crippen LogP contribution in [0.15, 0.2) is 0 Å².